The van der Waals surface area contributed by atoms with Crippen LogP contribution in [0.15, 0.2) is 52.7 Å². The van der Waals surface area contributed by atoms with Crippen molar-refractivity contribution in [3.8, 4) is 0 Å². The Morgan fingerprint density at radius 2 is 2.05 bits per heavy atom. The summed E-state index contributed by atoms with van der Waals surface area (Å²) in [5.74, 6) is -0.343. The van der Waals surface area contributed by atoms with Crippen LogP contribution in [0, 0.1) is 0 Å². The van der Waals surface area contributed by atoms with Crippen LogP contribution in [0.2, 0.25) is 0 Å². The number of thiophene rings is 1. The highest BCUT2D eigenvalue weighted by Gasteiger charge is 2.08. The minimum atomic E-state index is -3.78. The van der Waals surface area contributed by atoms with Gasteiger partial charge in [-0.25, -0.2) is 13.6 Å². The SMILES string of the molecule is NS(=O)(=O)c1cccc(NC(=O)/C=C/c2cccs2)c1. The molecule has 3 N–H and O–H groups in total. The Morgan fingerprint density at radius 3 is 2.70 bits per heavy atom. The summed E-state index contributed by atoms with van der Waals surface area (Å²) >= 11 is 1.51. The Balaban J connectivity index is 2.08. The van der Waals surface area contributed by atoms with E-state index in [2.05, 4.69) is 5.32 Å². The number of sulfonamides is 1. The summed E-state index contributed by atoms with van der Waals surface area (Å²) in [4.78, 5) is 12.6. The molecule has 0 saturated heterocycles. The van der Waals surface area contributed by atoms with E-state index in [-0.39, 0.29) is 10.8 Å². The molecule has 2 rings (SSSR count). The molecule has 0 atom stereocenters. The average molecular weight is 308 g/mol. The van der Waals surface area contributed by atoms with Gasteiger partial charge in [-0.05, 0) is 35.7 Å². The molecule has 1 aromatic carbocycles. The molecule has 2 aromatic rings. The van der Waals surface area contributed by atoms with E-state index >= 15 is 0 Å². The molecule has 1 amide bonds. The molecule has 5 nitrogen and oxygen atoms in total. The zero-order valence-corrected chi connectivity index (χ0v) is 11.9. The fourth-order valence-electron chi connectivity index (χ4n) is 1.48. The summed E-state index contributed by atoms with van der Waals surface area (Å²) in [5.41, 5.74) is 0.373. The number of benzene rings is 1. The van der Waals surface area contributed by atoms with Crippen LogP contribution in [-0.4, -0.2) is 14.3 Å². The molecule has 20 heavy (non-hydrogen) atoms. The van der Waals surface area contributed by atoms with E-state index in [9.17, 15) is 13.2 Å². The van der Waals surface area contributed by atoms with Crippen molar-refractivity contribution >= 4 is 39.0 Å². The lowest BCUT2D eigenvalue weighted by molar-refractivity contribution is -0.111. The lowest BCUT2D eigenvalue weighted by atomic mass is 10.3. The Morgan fingerprint density at radius 1 is 1.25 bits per heavy atom. The zero-order chi connectivity index (χ0) is 14.6. The summed E-state index contributed by atoms with van der Waals surface area (Å²) in [7, 11) is -3.78. The largest absolute Gasteiger partial charge is 0.322 e. The lowest BCUT2D eigenvalue weighted by Crippen LogP contribution is -2.13. The summed E-state index contributed by atoms with van der Waals surface area (Å²) in [6.07, 6.45) is 3.07. The van der Waals surface area contributed by atoms with E-state index in [1.54, 1.807) is 12.1 Å². The third kappa shape index (κ3) is 4.02. The molecule has 0 aliphatic heterocycles. The summed E-state index contributed by atoms with van der Waals surface area (Å²) < 4.78 is 22.4. The van der Waals surface area contributed by atoms with Gasteiger partial charge in [-0.3, -0.25) is 4.79 Å². The molecule has 0 aliphatic carbocycles. The Labute approximate surface area is 120 Å². The number of primary sulfonamides is 1. The second-order valence-electron chi connectivity index (χ2n) is 3.91. The highest BCUT2D eigenvalue weighted by Crippen LogP contribution is 2.14. The van der Waals surface area contributed by atoms with Crippen LogP contribution in [0.25, 0.3) is 6.08 Å². The first kappa shape index (κ1) is 14.4. The van der Waals surface area contributed by atoms with Crippen molar-refractivity contribution in [3.05, 3.63) is 52.7 Å². The molecule has 0 unspecified atom stereocenters. The van der Waals surface area contributed by atoms with Gasteiger partial charge in [0.05, 0.1) is 4.90 Å². The predicted molar refractivity (Wildman–Crippen MR) is 79.8 cm³/mol. The molecule has 0 bridgehead atoms. The van der Waals surface area contributed by atoms with Crippen LogP contribution in [-0.2, 0) is 14.8 Å². The van der Waals surface area contributed by atoms with Gasteiger partial charge in [-0.15, -0.1) is 11.3 Å². The maximum Gasteiger partial charge on any atom is 0.248 e. The number of amides is 1. The number of carbonyl (C=O) groups is 1. The van der Waals surface area contributed by atoms with Crippen LogP contribution in [0.3, 0.4) is 0 Å². The van der Waals surface area contributed by atoms with Crippen LogP contribution in [0.5, 0.6) is 0 Å². The first-order chi connectivity index (χ1) is 9.45. The van der Waals surface area contributed by atoms with Crippen molar-refractivity contribution in [3.63, 3.8) is 0 Å². The number of hydrogen-bond donors (Lipinski definition) is 2. The summed E-state index contributed by atoms with van der Waals surface area (Å²) in [5, 5.41) is 9.51. The van der Waals surface area contributed by atoms with Gasteiger partial charge in [0, 0.05) is 16.6 Å². The number of carbonyl (C=O) groups excluding carboxylic acids is 1. The van der Waals surface area contributed by atoms with E-state index in [0.717, 1.165) is 4.88 Å². The Bertz CT molecular complexity index is 735. The Hall–Kier alpha value is -1.96. The van der Waals surface area contributed by atoms with Gasteiger partial charge in [0.2, 0.25) is 15.9 Å². The topological polar surface area (TPSA) is 89.3 Å². The lowest BCUT2D eigenvalue weighted by Gasteiger charge is -2.04. The van der Waals surface area contributed by atoms with Crippen LogP contribution >= 0.6 is 11.3 Å². The van der Waals surface area contributed by atoms with Crippen molar-refractivity contribution in [2.24, 2.45) is 5.14 Å². The van der Waals surface area contributed by atoms with Crippen LogP contribution in [0.4, 0.5) is 5.69 Å². The minimum Gasteiger partial charge on any atom is -0.322 e. The fraction of sp³-hybridized carbons (Fsp3) is 0. The van der Waals surface area contributed by atoms with Gasteiger partial charge in [0.1, 0.15) is 0 Å². The van der Waals surface area contributed by atoms with Gasteiger partial charge < -0.3 is 5.32 Å². The third-order valence-corrected chi connectivity index (χ3v) is 4.12. The maximum atomic E-state index is 11.7. The predicted octanol–water partition coefficient (Wildman–Crippen LogP) is 2.05. The molecule has 1 heterocycles. The van der Waals surface area contributed by atoms with Crippen molar-refractivity contribution in [1.29, 1.82) is 0 Å². The average Bonchev–Trinajstić information content (AvgIpc) is 2.89. The standard InChI is InChI=1S/C13H12N2O3S2/c14-20(17,18)12-5-1-3-10(9-12)15-13(16)7-6-11-4-2-8-19-11/h1-9H,(H,15,16)(H2,14,17,18)/b7-6+. The van der Waals surface area contributed by atoms with Gasteiger partial charge in [-0.1, -0.05) is 12.1 Å². The van der Waals surface area contributed by atoms with E-state index < -0.39 is 10.0 Å². The van der Waals surface area contributed by atoms with E-state index in [1.165, 1.54) is 35.6 Å². The third-order valence-electron chi connectivity index (χ3n) is 2.37. The molecule has 0 fully saturated rings. The van der Waals surface area contributed by atoms with Crippen molar-refractivity contribution in [2.75, 3.05) is 5.32 Å². The number of nitrogens with one attached hydrogen (secondary N) is 1. The van der Waals surface area contributed by atoms with E-state index in [1.807, 2.05) is 17.5 Å². The number of anilines is 1. The zero-order valence-electron chi connectivity index (χ0n) is 10.3. The summed E-state index contributed by atoms with van der Waals surface area (Å²) in [6.45, 7) is 0. The molecule has 7 heteroatoms. The van der Waals surface area contributed by atoms with Gasteiger partial charge >= 0.3 is 0 Å². The quantitative estimate of drug-likeness (QED) is 0.847. The molecule has 1 aromatic heterocycles. The minimum absolute atomic E-state index is 0.0439. The normalized spacial score (nSPS) is 11.7. The monoisotopic (exact) mass is 308 g/mol. The molecule has 0 saturated carbocycles. The molecular weight excluding hydrogens is 296 g/mol. The first-order valence-corrected chi connectivity index (χ1v) is 8.03. The number of hydrogen-bond acceptors (Lipinski definition) is 4. The van der Waals surface area contributed by atoms with Gasteiger partial charge in [0.25, 0.3) is 0 Å². The molecular formula is C13H12N2O3S2. The van der Waals surface area contributed by atoms with Gasteiger partial charge in [0.15, 0.2) is 0 Å². The maximum absolute atomic E-state index is 11.7. The van der Waals surface area contributed by atoms with Gasteiger partial charge in [-0.2, -0.15) is 0 Å². The fourth-order valence-corrected chi connectivity index (χ4v) is 2.66. The Kier molecular flexibility index (Phi) is 4.33. The second-order valence-corrected chi connectivity index (χ2v) is 6.45. The smallest absolute Gasteiger partial charge is 0.248 e. The van der Waals surface area contributed by atoms with E-state index in [0.29, 0.717) is 5.69 Å². The highest BCUT2D eigenvalue weighted by molar-refractivity contribution is 7.89. The number of nitrogens with two attached hydrogens (primary N) is 1. The molecule has 104 valence electrons. The molecule has 0 spiro atoms. The molecule has 0 aliphatic rings. The number of rotatable bonds is 4. The second kappa shape index (κ2) is 6.00. The van der Waals surface area contributed by atoms with E-state index in [4.69, 9.17) is 5.14 Å². The van der Waals surface area contributed by atoms with Crippen LogP contribution in [0.1, 0.15) is 4.88 Å². The summed E-state index contributed by atoms with van der Waals surface area (Å²) in [6, 6.07) is 9.55. The van der Waals surface area contributed by atoms with Crippen LogP contribution < -0.4 is 10.5 Å². The first-order valence-electron chi connectivity index (χ1n) is 5.60. The highest BCUT2D eigenvalue weighted by atomic mass is 32.2. The van der Waals surface area contributed by atoms with Crippen molar-refractivity contribution < 1.29 is 13.2 Å². The molecule has 0 radical (unpaired) electrons. The van der Waals surface area contributed by atoms with Crippen molar-refractivity contribution in [2.45, 2.75) is 4.90 Å². The van der Waals surface area contributed by atoms with Crippen molar-refractivity contribution in [1.82, 2.24) is 0 Å².